The van der Waals surface area contributed by atoms with Gasteiger partial charge in [0.15, 0.2) is 0 Å². The summed E-state index contributed by atoms with van der Waals surface area (Å²) in [4.78, 5) is 11.6. The van der Waals surface area contributed by atoms with Crippen LogP contribution in [0.4, 0.5) is 11.6 Å². The second-order valence-corrected chi connectivity index (χ2v) is 9.74. The van der Waals surface area contributed by atoms with Gasteiger partial charge in [-0.25, -0.2) is 9.97 Å². The normalized spacial score (nSPS) is 19.6. The van der Waals surface area contributed by atoms with E-state index in [4.69, 9.17) is 24.6 Å². The number of rotatable bonds is 10. The van der Waals surface area contributed by atoms with E-state index in [2.05, 4.69) is 30.9 Å². The van der Waals surface area contributed by atoms with E-state index in [0.717, 1.165) is 75.2 Å². The zero-order valence-corrected chi connectivity index (χ0v) is 23.1. The summed E-state index contributed by atoms with van der Waals surface area (Å²) in [7, 11) is 1.69. The van der Waals surface area contributed by atoms with Crippen LogP contribution < -0.4 is 10.1 Å². The summed E-state index contributed by atoms with van der Waals surface area (Å²) >= 11 is 0. The SMILES string of the molecule is COCCCOc1nn(C2CCC(N3CCOCC3)CC2)cc1Nc1ncc(-c2ccc(C#N)cc2)cn1.Cl. The number of nitrogens with zero attached hydrogens (tertiary/aromatic N) is 6. The van der Waals surface area contributed by atoms with Gasteiger partial charge in [-0.1, -0.05) is 12.1 Å². The quantitative estimate of drug-likeness (QED) is 0.360. The van der Waals surface area contributed by atoms with Gasteiger partial charge in [0.05, 0.1) is 43.7 Å². The maximum Gasteiger partial charge on any atom is 0.256 e. The number of halogens is 1. The predicted molar refractivity (Wildman–Crippen MR) is 151 cm³/mol. The summed E-state index contributed by atoms with van der Waals surface area (Å²) in [6, 6.07) is 10.5. The molecule has 1 N–H and O–H groups in total. The Bertz CT molecular complexity index is 1200. The minimum atomic E-state index is 0. The lowest BCUT2D eigenvalue weighted by Crippen LogP contribution is -2.45. The second-order valence-electron chi connectivity index (χ2n) is 9.74. The fourth-order valence-corrected chi connectivity index (χ4v) is 5.16. The van der Waals surface area contributed by atoms with Gasteiger partial charge < -0.3 is 19.5 Å². The molecule has 0 spiro atoms. The molecule has 39 heavy (non-hydrogen) atoms. The minimum Gasteiger partial charge on any atom is -0.475 e. The van der Waals surface area contributed by atoms with Crippen molar-refractivity contribution in [2.24, 2.45) is 0 Å². The first kappa shape index (κ1) is 28.8. The number of hydrogen-bond acceptors (Lipinski definition) is 9. The van der Waals surface area contributed by atoms with E-state index in [-0.39, 0.29) is 12.4 Å². The summed E-state index contributed by atoms with van der Waals surface area (Å²) in [6.45, 7) is 4.91. The van der Waals surface area contributed by atoms with E-state index in [1.807, 2.05) is 18.3 Å². The van der Waals surface area contributed by atoms with Gasteiger partial charge in [0.25, 0.3) is 5.88 Å². The molecule has 1 saturated carbocycles. The molecular formula is C28H36ClN7O3. The number of aromatic nitrogens is 4. The van der Waals surface area contributed by atoms with Crippen molar-refractivity contribution < 1.29 is 14.2 Å². The fraction of sp³-hybridized carbons (Fsp3) is 0.500. The molecule has 1 aliphatic heterocycles. The van der Waals surface area contributed by atoms with Gasteiger partial charge in [0, 0.05) is 57.2 Å². The first-order valence-electron chi connectivity index (χ1n) is 13.4. The number of anilines is 2. The van der Waals surface area contributed by atoms with Gasteiger partial charge in [-0.3, -0.25) is 9.58 Å². The Labute approximate surface area is 235 Å². The molecule has 2 aliphatic rings. The third-order valence-corrected chi connectivity index (χ3v) is 7.28. The molecule has 2 aromatic heterocycles. The van der Waals surface area contributed by atoms with E-state index in [1.165, 1.54) is 0 Å². The first-order chi connectivity index (χ1) is 18.7. The summed E-state index contributed by atoms with van der Waals surface area (Å²) in [6.07, 6.45) is 10.8. The van der Waals surface area contributed by atoms with E-state index < -0.39 is 0 Å². The Morgan fingerprint density at radius 3 is 2.36 bits per heavy atom. The smallest absolute Gasteiger partial charge is 0.256 e. The van der Waals surface area contributed by atoms with Crippen molar-refractivity contribution >= 4 is 24.0 Å². The van der Waals surface area contributed by atoms with Crippen LogP contribution in [0.2, 0.25) is 0 Å². The highest BCUT2D eigenvalue weighted by Crippen LogP contribution is 2.34. The molecular weight excluding hydrogens is 518 g/mol. The van der Waals surface area contributed by atoms with Gasteiger partial charge in [-0.15, -0.1) is 17.5 Å². The lowest BCUT2D eigenvalue weighted by atomic mass is 9.90. The molecule has 11 heteroatoms. The Morgan fingerprint density at radius 1 is 1.00 bits per heavy atom. The molecule has 5 rings (SSSR count). The van der Waals surface area contributed by atoms with Crippen LogP contribution in [0.25, 0.3) is 11.1 Å². The van der Waals surface area contributed by atoms with Crippen LogP contribution >= 0.6 is 12.4 Å². The molecule has 3 heterocycles. The molecule has 0 atom stereocenters. The maximum atomic E-state index is 9.02. The topological polar surface area (TPSA) is 110 Å². The summed E-state index contributed by atoms with van der Waals surface area (Å²) in [5.41, 5.74) is 3.21. The van der Waals surface area contributed by atoms with Crippen molar-refractivity contribution in [2.45, 2.75) is 44.2 Å². The van der Waals surface area contributed by atoms with Crippen molar-refractivity contribution in [1.82, 2.24) is 24.6 Å². The minimum absolute atomic E-state index is 0. The number of morpholine rings is 1. The molecule has 1 aliphatic carbocycles. The number of ether oxygens (including phenoxy) is 3. The molecule has 0 radical (unpaired) electrons. The zero-order chi connectivity index (χ0) is 26.2. The van der Waals surface area contributed by atoms with Crippen molar-refractivity contribution in [1.29, 1.82) is 5.26 Å². The molecule has 10 nitrogen and oxygen atoms in total. The molecule has 0 bridgehead atoms. The summed E-state index contributed by atoms with van der Waals surface area (Å²) < 4.78 is 18.8. The van der Waals surface area contributed by atoms with Gasteiger partial charge in [0.1, 0.15) is 5.69 Å². The van der Waals surface area contributed by atoms with Gasteiger partial charge in [-0.2, -0.15) is 5.26 Å². The van der Waals surface area contributed by atoms with Crippen molar-refractivity contribution in [2.75, 3.05) is 51.9 Å². The predicted octanol–water partition coefficient (Wildman–Crippen LogP) is 4.61. The molecule has 2 fully saturated rings. The van der Waals surface area contributed by atoms with Crippen molar-refractivity contribution in [3.63, 3.8) is 0 Å². The van der Waals surface area contributed by atoms with Crippen molar-refractivity contribution in [3.8, 4) is 23.1 Å². The van der Waals surface area contributed by atoms with E-state index in [0.29, 0.717) is 42.7 Å². The Hall–Kier alpha value is -3.23. The average Bonchev–Trinajstić information content (AvgIpc) is 3.38. The third kappa shape index (κ3) is 7.46. The highest BCUT2D eigenvalue weighted by Gasteiger charge is 2.29. The van der Waals surface area contributed by atoms with Crippen molar-refractivity contribution in [3.05, 3.63) is 48.4 Å². The largest absolute Gasteiger partial charge is 0.475 e. The fourth-order valence-electron chi connectivity index (χ4n) is 5.16. The molecule has 0 unspecified atom stereocenters. The Balaban J connectivity index is 0.00000353. The molecule has 1 aromatic carbocycles. The number of methoxy groups -OCH3 is 1. The highest BCUT2D eigenvalue weighted by atomic mass is 35.5. The van der Waals surface area contributed by atoms with Crippen LogP contribution in [-0.4, -0.2) is 77.3 Å². The number of benzene rings is 1. The molecule has 0 amide bonds. The van der Waals surface area contributed by atoms with Crippen LogP contribution in [0.5, 0.6) is 5.88 Å². The molecule has 1 saturated heterocycles. The summed E-state index contributed by atoms with van der Waals surface area (Å²) in [5, 5.41) is 17.1. The zero-order valence-electron chi connectivity index (χ0n) is 22.3. The Kier molecular flexibility index (Phi) is 10.5. The van der Waals surface area contributed by atoms with E-state index in [1.54, 1.807) is 31.6 Å². The lowest BCUT2D eigenvalue weighted by Gasteiger charge is -2.38. The Morgan fingerprint density at radius 2 is 1.69 bits per heavy atom. The molecule has 3 aromatic rings. The van der Waals surface area contributed by atoms with Gasteiger partial charge in [-0.05, 0) is 43.4 Å². The lowest BCUT2D eigenvalue weighted by molar-refractivity contribution is 0.00503. The maximum absolute atomic E-state index is 9.02. The number of nitrogens with one attached hydrogen (secondary N) is 1. The monoisotopic (exact) mass is 553 g/mol. The van der Waals surface area contributed by atoms with Gasteiger partial charge >= 0.3 is 0 Å². The first-order valence-corrected chi connectivity index (χ1v) is 13.4. The van der Waals surface area contributed by atoms with E-state index >= 15 is 0 Å². The van der Waals surface area contributed by atoms with Gasteiger partial charge in [0.2, 0.25) is 5.95 Å². The highest BCUT2D eigenvalue weighted by molar-refractivity contribution is 5.85. The number of hydrogen-bond donors (Lipinski definition) is 1. The van der Waals surface area contributed by atoms with Crippen LogP contribution in [0, 0.1) is 11.3 Å². The van der Waals surface area contributed by atoms with Crippen LogP contribution in [-0.2, 0) is 9.47 Å². The molecule has 208 valence electrons. The third-order valence-electron chi connectivity index (χ3n) is 7.28. The second kappa shape index (κ2) is 14.2. The van der Waals surface area contributed by atoms with Crippen LogP contribution in [0.15, 0.2) is 42.9 Å². The van der Waals surface area contributed by atoms with E-state index in [9.17, 15) is 0 Å². The summed E-state index contributed by atoms with van der Waals surface area (Å²) in [5.74, 6) is 1.02. The number of nitriles is 1. The van der Waals surface area contributed by atoms with Crippen LogP contribution in [0.3, 0.4) is 0 Å². The standard InChI is InChI=1S/C28H35N7O3.ClH/c1-36-13-2-14-38-27-26(32-28-30-18-23(19-31-28)22-5-3-21(17-29)4-6-22)20-35(33-27)25-9-7-24(8-10-25)34-11-15-37-16-12-34;/h3-6,18-20,24-25H,2,7-16H2,1H3,(H,30,31,32);1H. The van der Waals surface area contributed by atoms with Crippen LogP contribution in [0.1, 0.15) is 43.7 Å². The average molecular weight is 554 g/mol.